The number of carbonyl (C=O) groups excluding carboxylic acids is 1. The van der Waals surface area contributed by atoms with Gasteiger partial charge in [0.1, 0.15) is 0 Å². The fourth-order valence-electron chi connectivity index (χ4n) is 2.87. The van der Waals surface area contributed by atoms with E-state index in [-0.39, 0.29) is 11.3 Å². The van der Waals surface area contributed by atoms with Gasteiger partial charge in [-0.05, 0) is 37.9 Å². The molecule has 1 aliphatic rings. The largest absolute Gasteiger partial charge is 0.316 e. The van der Waals surface area contributed by atoms with Gasteiger partial charge in [0, 0.05) is 31.2 Å². The summed E-state index contributed by atoms with van der Waals surface area (Å²) in [5.74, 6) is 0.576. The van der Waals surface area contributed by atoms with Gasteiger partial charge in [0.2, 0.25) is 5.91 Å². The van der Waals surface area contributed by atoms with E-state index in [1.807, 2.05) is 24.0 Å². The maximum Gasteiger partial charge on any atom is 0.234 e. The van der Waals surface area contributed by atoms with Crippen LogP contribution in [-0.4, -0.2) is 30.5 Å². The number of rotatable bonds is 4. The van der Waals surface area contributed by atoms with Crippen LogP contribution in [0, 0.1) is 11.3 Å². The normalized spacial score (nSPS) is 22.7. The van der Waals surface area contributed by atoms with Crippen molar-refractivity contribution in [1.82, 2.24) is 10.3 Å². The number of nitrogens with one attached hydrogen (secondary N) is 1. The summed E-state index contributed by atoms with van der Waals surface area (Å²) in [6, 6.07) is 3.80. The molecule has 0 radical (unpaired) electrons. The lowest BCUT2D eigenvalue weighted by Crippen LogP contribution is -2.48. The smallest absolute Gasteiger partial charge is 0.234 e. The number of hydrogen-bond donors (Lipinski definition) is 1. The van der Waals surface area contributed by atoms with Crippen LogP contribution >= 0.6 is 0 Å². The first-order chi connectivity index (χ1) is 9.12. The van der Waals surface area contributed by atoms with Gasteiger partial charge in [-0.1, -0.05) is 13.8 Å². The van der Waals surface area contributed by atoms with Gasteiger partial charge in [0.25, 0.3) is 0 Å². The third-order valence-electron chi connectivity index (χ3n) is 4.26. The van der Waals surface area contributed by atoms with Gasteiger partial charge < -0.3 is 10.2 Å². The second-order valence-electron chi connectivity index (χ2n) is 5.49. The van der Waals surface area contributed by atoms with Gasteiger partial charge in [-0.25, -0.2) is 0 Å². The number of carbonyl (C=O) groups is 1. The van der Waals surface area contributed by atoms with Gasteiger partial charge in [-0.2, -0.15) is 0 Å². The molecule has 2 rings (SSSR count). The molecule has 2 heterocycles. The molecule has 1 aliphatic heterocycles. The molecule has 0 bridgehead atoms. The number of hydrogen-bond acceptors (Lipinski definition) is 3. The summed E-state index contributed by atoms with van der Waals surface area (Å²) >= 11 is 0. The number of nitrogens with zero attached hydrogens (tertiary/aromatic N) is 2. The summed E-state index contributed by atoms with van der Waals surface area (Å²) in [5, 5.41) is 3.35. The van der Waals surface area contributed by atoms with Crippen LogP contribution in [0.2, 0.25) is 0 Å². The van der Waals surface area contributed by atoms with E-state index < -0.39 is 0 Å². The number of anilines is 1. The molecule has 1 aromatic heterocycles. The first-order valence-corrected chi connectivity index (χ1v) is 7.04. The number of amides is 1. The molecule has 4 nitrogen and oxygen atoms in total. The zero-order chi connectivity index (χ0) is 13.9. The Morgan fingerprint density at radius 3 is 2.63 bits per heavy atom. The molecule has 0 spiro atoms. The van der Waals surface area contributed by atoms with Crippen molar-refractivity contribution in [1.29, 1.82) is 0 Å². The van der Waals surface area contributed by atoms with Crippen LogP contribution in [0.15, 0.2) is 24.5 Å². The van der Waals surface area contributed by atoms with Gasteiger partial charge in [0.05, 0.1) is 5.41 Å². The number of aromatic nitrogens is 1. The highest BCUT2D eigenvalue weighted by atomic mass is 16.2. The minimum atomic E-state index is -0.265. The highest BCUT2D eigenvalue weighted by Crippen LogP contribution is 2.37. The second kappa shape index (κ2) is 5.70. The molecular weight excluding hydrogens is 238 g/mol. The first-order valence-electron chi connectivity index (χ1n) is 7.04. The van der Waals surface area contributed by atoms with E-state index in [4.69, 9.17) is 0 Å². The van der Waals surface area contributed by atoms with Crippen molar-refractivity contribution >= 4 is 11.6 Å². The fraction of sp³-hybridized carbons (Fsp3) is 0.600. The molecule has 19 heavy (non-hydrogen) atoms. The van der Waals surface area contributed by atoms with Gasteiger partial charge in [-0.15, -0.1) is 0 Å². The molecule has 104 valence electrons. The predicted molar refractivity (Wildman–Crippen MR) is 77.0 cm³/mol. The van der Waals surface area contributed by atoms with Crippen LogP contribution in [0.3, 0.4) is 0 Å². The highest BCUT2D eigenvalue weighted by Gasteiger charge is 2.46. The monoisotopic (exact) mass is 261 g/mol. The predicted octanol–water partition coefficient (Wildman–Crippen LogP) is 2.07. The molecular formula is C15H23N3O. The van der Waals surface area contributed by atoms with Crippen LogP contribution in [0.4, 0.5) is 5.69 Å². The molecule has 0 aromatic carbocycles. The summed E-state index contributed by atoms with van der Waals surface area (Å²) in [4.78, 5) is 18.9. The lowest BCUT2D eigenvalue weighted by molar-refractivity contribution is -0.129. The summed E-state index contributed by atoms with van der Waals surface area (Å²) in [6.07, 6.45) is 4.39. The van der Waals surface area contributed by atoms with E-state index in [0.29, 0.717) is 12.5 Å². The SMILES string of the molecule is CCN(C(=O)C1(C(C)C)CCNC1)c1ccncc1. The summed E-state index contributed by atoms with van der Waals surface area (Å²) < 4.78 is 0. The maximum absolute atomic E-state index is 13.0. The van der Waals surface area contributed by atoms with E-state index in [9.17, 15) is 4.79 Å². The van der Waals surface area contributed by atoms with E-state index in [0.717, 1.165) is 25.2 Å². The highest BCUT2D eigenvalue weighted by molar-refractivity contribution is 5.98. The van der Waals surface area contributed by atoms with E-state index in [2.05, 4.69) is 24.1 Å². The molecule has 1 saturated heterocycles. The Bertz CT molecular complexity index is 424. The molecule has 1 atom stereocenters. The van der Waals surface area contributed by atoms with E-state index in [1.54, 1.807) is 12.4 Å². The van der Waals surface area contributed by atoms with Gasteiger partial charge in [0.15, 0.2) is 0 Å². The van der Waals surface area contributed by atoms with Crippen molar-refractivity contribution in [2.24, 2.45) is 11.3 Å². The lowest BCUT2D eigenvalue weighted by atomic mass is 9.75. The molecule has 4 heteroatoms. The fourth-order valence-corrected chi connectivity index (χ4v) is 2.87. The Morgan fingerprint density at radius 2 is 2.16 bits per heavy atom. The van der Waals surface area contributed by atoms with Crippen LogP contribution in [0.25, 0.3) is 0 Å². The van der Waals surface area contributed by atoms with Crippen molar-refractivity contribution in [3.05, 3.63) is 24.5 Å². The summed E-state index contributed by atoms with van der Waals surface area (Å²) in [7, 11) is 0. The van der Waals surface area contributed by atoms with Crippen molar-refractivity contribution in [3.8, 4) is 0 Å². The van der Waals surface area contributed by atoms with Gasteiger partial charge >= 0.3 is 0 Å². The topological polar surface area (TPSA) is 45.2 Å². The van der Waals surface area contributed by atoms with Gasteiger partial charge in [-0.3, -0.25) is 9.78 Å². The molecule has 1 aromatic rings. The van der Waals surface area contributed by atoms with Crippen LogP contribution in [-0.2, 0) is 4.79 Å². The Labute approximate surface area is 115 Å². The molecule has 1 fully saturated rings. The molecule has 0 saturated carbocycles. The summed E-state index contributed by atoms with van der Waals surface area (Å²) in [5.41, 5.74) is 0.675. The second-order valence-corrected chi connectivity index (χ2v) is 5.49. The first kappa shape index (κ1) is 14.0. The van der Waals surface area contributed by atoms with Crippen molar-refractivity contribution in [3.63, 3.8) is 0 Å². The van der Waals surface area contributed by atoms with Crippen LogP contribution < -0.4 is 10.2 Å². The Kier molecular flexibility index (Phi) is 4.20. The molecule has 1 N–H and O–H groups in total. The third kappa shape index (κ3) is 2.50. The average molecular weight is 261 g/mol. The van der Waals surface area contributed by atoms with Crippen molar-refractivity contribution < 1.29 is 4.79 Å². The zero-order valence-corrected chi connectivity index (χ0v) is 12.0. The Hall–Kier alpha value is -1.42. The Balaban J connectivity index is 2.30. The molecule has 0 aliphatic carbocycles. The number of pyridine rings is 1. The minimum Gasteiger partial charge on any atom is -0.316 e. The third-order valence-corrected chi connectivity index (χ3v) is 4.26. The summed E-state index contributed by atoms with van der Waals surface area (Å²) in [6.45, 7) is 8.71. The quantitative estimate of drug-likeness (QED) is 0.902. The van der Waals surface area contributed by atoms with Crippen molar-refractivity contribution in [2.75, 3.05) is 24.5 Å². The standard InChI is InChI=1S/C15H23N3O/c1-4-18(13-5-8-16-9-6-13)14(19)15(12(2)3)7-10-17-11-15/h5-6,8-9,12,17H,4,7,10-11H2,1-3H3. The molecule has 1 amide bonds. The van der Waals surface area contributed by atoms with Crippen LogP contribution in [0.5, 0.6) is 0 Å². The average Bonchev–Trinajstić information content (AvgIpc) is 2.91. The van der Waals surface area contributed by atoms with E-state index >= 15 is 0 Å². The zero-order valence-electron chi connectivity index (χ0n) is 12.0. The van der Waals surface area contributed by atoms with Crippen LogP contribution in [0.1, 0.15) is 27.2 Å². The molecule has 1 unspecified atom stereocenters. The van der Waals surface area contributed by atoms with E-state index in [1.165, 1.54) is 0 Å². The lowest BCUT2D eigenvalue weighted by Gasteiger charge is -2.36. The Morgan fingerprint density at radius 1 is 1.47 bits per heavy atom. The maximum atomic E-state index is 13.0. The minimum absolute atomic E-state index is 0.237. The van der Waals surface area contributed by atoms with Crippen molar-refractivity contribution in [2.45, 2.75) is 27.2 Å².